The van der Waals surface area contributed by atoms with Crippen LogP contribution < -0.4 is 19.1 Å². The quantitative estimate of drug-likeness (QED) is 0.177. The second-order valence-electron chi connectivity index (χ2n) is 17.7. The number of anilines is 1. The van der Waals surface area contributed by atoms with Gasteiger partial charge in [0.25, 0.3) is 0 Å². The number of pyridine rings is 1. The van der Waals surface area contributed by atoms with Gasteiger partial charge in [0, 0.05) is 62.1 Å². The smallest absolute Gasteiger partial charge is 0.240 e. The number of rotatable bonds is 10. The molecule has 3 fully saturated rings. The van der Waals surface area contributed by atoms with Gasteiger partial charge in [-0.15, -0.1) is 0 Å². The summed E-state index contributed by atoms with van der Waals surface area (Å²) in [7, 11) is 1.50. The molecule has 3 aromatic rings. The van der Waals surface area contributed by atoms with E-state index in [0.29, 0.717) is 42.9 Å². The van der Waals surface area contributed by atoms with Gasteiger partial charge in [0.05, 0.1) is 29.9 Å². The average Bonchev–Trinajstić information content (AvgIpc) is 4.08. The summed E-state index contributed by atoms with van der Waals surface area (Å²) in [5, 5.41) is 1.59. The molecule has 1 saturated heterocycles. The minimum atomic E-state index is -3.95. The molecule has 0 bridgehead atoms. The van der Waals surface area contributed by atoms with Crippen molar-refractivity contribution in [2.24, 2.45) is 29.1 Å². The minimum absolute atomic E-state index is 0.0331. The third-order valence-electron chi connectivity index (χ3n) is 13.1. The van der Waals surface area contributed by atoms with Crippen molar-refractivity contribution < 1.29 is 37.1 Å². The number of methoxy groups -OCH3 is 1. The van der Waals surface area contributed by atoms with Gasteiger partial charge in [0.2, 0.25) is 27.7 Å². The van der Waals surface area contributed by atoms with Gasteiger partial charge in [-0.05, 0) is 117 Å². The maximum absolute atomic E-state index is 15.1. The fourth-order valence-corrected chi connectivity index (χ4v) is 10.2. The maximum Gasteiger partial charge on any atom is 0.240 e. The van der Waals surface area contributed by atoms with Crippen molar-refractivity contribution in [2.45, 2.75) is 95.5 Å². The number of sulfonamides is 1. The van der Waals surface area contributed by atoms with Crippen LogP contribution in [0.5, 0.6) is 11.6 Å². The number of ketones is 2. The number of aromatic nitrogens is 1. The van der Waals surface area contributed by atoms with E-state index < -0.39 is 44.2 Å². The lowest BCUT2D eigenvalue weighted by Crippen LogP contribution is -2.48. The monoisotopic (exact) mass is 812 g/mol. The highest BCUT2D eigenvalue weighted by Crippen LogP contribution is 2.57. The van der Waals surface area contributed by atoms with Crippen molar-refractivity contribution in [2.75, 3.05) is 32.6 Å². The first-order valence-electron chi connectivity index (χ1n) is 20.5. The van der Waals surface area contributed by atoms with Crippen LogP contribution in [0.3, 0.4) is 0 Å². The number of fused-ring (bicyclic) bond motifs is 3. The highest BCUT2D eigenvalue weighted by molar-refractivity contribution is 7.91. The molecule has 7 rings (SSSR count). The molecule has 2 aromatic carbocycles. The number of ether oxygens (including phenoxy) is 2. The number of hydrogen-bond donors (Lipinski definition) is 1. The van der Waals surface area contributed by atoms with Gasteiger partial charge >= 0.3 is 0 Å². The van der Waals surface area contributed by atoms with E-state index in [1.54, 1.807) is 37.3 Å². The molecule has 2 aliphatic heterocycles. The van der Waals surface area contributed by atoms with E-state index in [-0.39, 0.29) is 61.0 Å². The van der Waals surface area contributed by atoms with Gasteiger partial charge in [0.15, 0.2) is 11.6 Å². The summed E-state index contributed by atoms with van der Waals surface area (Å²) >= 11 is 0. The maximum atomic E-state index is 15.1. The van der Waals surface area contributed by atoms with Gasteiger partial charge in [0.1, 0.15) is 11.9 Å². The molecular formula is C45H56N4O8S. The molecule has 13 heteroatoms. The average molecular weight is 813 g/mol. The number of carbonyl (C=O) groups excluding carboxylic acids is 4. The number of carbonyl (C=O) groups is 4. The van der Waals surface area contributed by atoms with Crippen LogP contribution in [-0.2, 0) is 24.4 Å². The minimum Gasteiger partial charge on any atom is -0.497 e. The van der Waals surface area contributed by atoms with Crippen LogP contribution in [0.4, 0.5) is 5.69 Å². The van der Waals surface area contributed by atoms with Crippen LogP contribution in [-0.4, -0.2) is 86.3 Å². The molecule has 310 valence electrons. The molecule has 4 aliphatic rings. The van der Waals surface area contributed by atoms with Gasteiger partial charge in [-0.3, -0.25) is 23.9 Å². The predicted molar refractivity (Wildman–Crippen MR) is 222 cm³/mol. The number of nitrogens with zero attached hydrogens (tertiary/aromatic N) is 3. The first-order valence-corrected chi connectivity index (χ1v) is 22.0. The first-order chi connectivity index (χ1) is 27.5. The lowest BCUT2D eigenvalue weighted by atomic mass is 9.80. The molecule has 58 heavy (non-hydrogen) atoms. The van der Waals surface area contributed by atoms with Crippen LogP contribution in [0.1, 0.15) is 88.9 Å². The van der Waals surface area contributed by atoms with Gasteiger partial charge in [-0.2, -0.15) is 0 Å². The Morgan fingerprint density at radius 1 is 1.03 bits per heavy atom. The Hall–Kier alpha value is -4.78. The molecule has 2 saturated carbocycles. The highest BCUT2D eigenvalue weighted by atomic mass is 32.2. The summed E-state index contributed by atoms with van der Waals surface area (Å²) in [6.45, 7) is 5.85. The van der Waals surface area contributed by atoms with Crippen LogP contribution in [0.15, 0.2) is 66.9 Å². The first kappa shape index (κ1) is 41.4. The topological polar surface area (TPSA) is 152 Å². The second-order valence-corrected chi connectivity index (χ2v) is 19.9. The SMILES string of the molecule is COc1ccc2c(O[C@@H]3C[C@H]4C(=O)C[C@]5(C(=O)NS(=O)(=O)C6(C)CC6)C[C@H]5/C=C\CC[C@H](C)C[C@@H](C)[C@H](CC(=O)c5ccc(N(C)C)cc5)C(=O)N4C3)nccc2c1. The predicted octanol–water partition coefficient (Wildman–Crippen LogP) is 6.52. The summed E-state index contributed by atoms with van der Waals surface area (Å²) in [6.07, 6.45) is 8.38. The number of allylic oxidation sites excluding steroid dienone is 2. The fraction of sp³-hybridized carbons (Fsp3) is 0.533. The molecule has 2 amide bonds. The van der Waals surface area contributed by atoms with Crippen molar-refractivity contribution >= 4 is 49.9 Å². The molecule has 3 heterocycles. The summed E-state index contributed by atoms with van der Waals surface area (Å²) in [5.74, 6) is -1.46. The Balaban J connectivity index is 1.23. The Labute approximate surface area is 341 Å². The number of nitrogens with one attached hydrogen (secondary N) is 1. The van der Waals surface area contributed by atoms with E-state index in [4.69, 9.17) is 9.47 Å². The Morgan fingerprint density at radius 3 is 2.47 bits per heavy atom. The zero-order chi connectivity index (χ0) is 41.6. The normalized spacial score (nSPS) is 29.0. The third kappa shape index (κ3) is 8.37. The van der Waals surface area contributed by atoms with Gasteiger partial charge < -0.3 is 19.3 Å². The summed E-state index contributed by atoms with van der Waals surface area (Å²) in [5.41, 5.74) is 0.199. The summed E-state index contributed by atoms with van der Waals surface area (Å²) in [6, 6.07) is 13.8. The lowest BCUT2D eigenvalue weighted by Gasteiger charge is -2.32. The Kier molecular flexibility index (Phi) is 11.5. The van der Waals surface area contributed by atoms with E-state index in [9.17, 15) is 22.8 Å². The molecule has 1 aromatic heterocycles. The van der Waals surface area contributed by atoms with E-state index in [1.807, 2.05) is 74.5 Å². The zero-order valence-corrected chi connectivity index (χ0v) is 35.2. The van der Waals surface area contributed by atoms with Crippen molar-refractivity contribution in [3.8, 4) is 11.6 Å². The summed E-state index contributed by atoms with van der Waals surface area (Å²) in [4.78, 5) is 65.9. The van der Waals surface area contributed by atoms with E-state index in [0.717, 1.165) is 29.3 Å². The number of amides is 2. The molecule has 2 aliphatic carbocycles. The molecule has 0 radical (unpaired) electrons. The Morgan fingerprint density at radius 2 is 1.78 bits per heavy atom. The number of hydrogen-bond acceptors (Lipinski definition) is 10. The fourth-order valence-electron chi connectivity index (χ4n) is 8.86. The molecule has 7 atom stereocenters. The molecular weight excluding hydrogens is 757 g/mol. The highest BCUT2D eigenvalue weighted by Gasteiger charge is 2.62. The van der Waals surface area contributed by atoms with Crippen LogP contribution >= 0.6 is 0 Å². The standard InChI is InChI=1S/C45H56N4O8S/c1-28-9-7-8-10-32-25-45(32,43(53)47-58(54,55)44(3)18-19-44)26-40(51)38-23-35(57-41-36-16-15-34(56-6)22-31(36)17-20-46-41)27-49(38)42(52)37(29(2)21-28)24-39(50)30-11-13-33(14-12-30)48(4)5/h8,10-17,20,22,28-29,32,35,37-38H,7,9,18-19,21,23-27H2,1-6H3,(H,47,53)/b10-8-/t28-,29+,32+,35+,37-,38-,45+/m0/s1. The molecule has 0 spiro atoms. The van der Waals surface area contributed by atoms with Crippen molar-refractivity contribution in [3.05, 3.63) is 72.4 Å². The van der Waals surface area contributed by atoms with Crippen molar-refractivity contribution in [1.82, 2.24) is 14.6 Å². The number of Topliss-reactive ketones (excluding diaryl/α,β-unsaturated/α-hetero) is 2. The van der Waals surface area contributed by atoms with Gasteiger partial charge in [-0.25, -0.2) is 13.4 Å². The van der Waals surface area contributed by atoms with Crippen molar-refractivity contribution in [3.63, 3.8) is 0 Å². The van der Waals surface area contributed by atoms with Crippen LogP contribution in [0, 0.1) is 29.1 Å². The lowest BCUT2D eigenvalue weighted by molar-refractivity contribution is -0.143. The van der Waals surface area contributed by atoms with E-state index >= 15 is 4.79 Å². The zero-order valence-electron chi connectivity index (χ0n) is 34.4. The second kappa shape index (κ2) is 16.1. The molecule has 0 unspecified atom stereocenters. The third-order valence-corrected chi connectivity index (χ3v) is 15.3. The van der Waals surface area contributed by atoms with Crippen LogP contribution in [0.2, 0.25) is 0 Å². The van der Waals surface area contributed by atoms with Crippen molar-refractivity contribution in [1.29, 1.82) is 0 Å². The number of benzene rings is 2. The van der Waals surface area contributed by atoms with Crippen LogP contribution in [0.25, 0.3) is 10.8 Å². The largest absolute Gasteiger partial charge is 0.497 e. The summed E-state index contributed by atoms with van der Waals surface area (Å²) < 4.78 is 39.9. The van der Waals surface area contributed by atoms with E-state index in [2.05, 4.69) is 16.6 Å². The molecule has 12 nitrogen and oxygen atoms in total. The molecule has 1 N–H and O–H groups in total. The Bertz CT molecular complexity index is 2220. The van der Waals surface area contributed by atoms with E-state index in [1.165, 1.54) is 0 Å². The van der Waals surface area contributed by atoms with Gasteiger partial charge in [-0.1, -0.05) is 26.0 Å².